The van der Waals surface area contributed by atoms with E-state index in [1.54, 1.807) is 56.6 Å². The van der Waals surface area contributed by atoms with Crippen LogP contribution in [0, 0.1) is 6.92 Å². The van der Waals surface area contributed by atoms with E-state index in [1.807, 2.05) is 0 Å². The van der Waals surface area contributed by atoms with Gasteiger partial charge in [0, 0.05) is 12.6 Å². The van der Waals surface area contributed by atoms with Gasteiger partial charge in [-0.25, -0.2) is 13.4 Å². The molecule has 3 aromatic rings. The van der Waals surface area contributed by atoms with Gasteiger partial charge in [-0.2, -0.15) is 0 Å². The summed E-state index contributed by atoms with van der Waals surface area (Å²) in [6, 6.07) is 9.91. The van der Waals surface area contributed by atoms with E-state index in [2.05, 4.69) is 9.71 Å². The first-order valence-electron chi connectivity index (χ1n) is 6.67. The third-order valence-electron chi connectivity index (χ3n) is 3.05. The molecule has 0 spiro atoms. The van der Waals surface area contributed by atoms with Gasteiger partial charge in [-0.15, -0.1) is 11.3 Å². The molecule has 0 aliphatic carbocycles. The van der Waals surface area contributed by atoms with Crippen molar-refractivity contribution < 1.29 is 17.6 Å². The smallest absolute Gasteiger partial charge is 0.271 e. The van der Waals surface area contributed by atoms with Gasteiger partial charge in [0.1, 0.15) is 9.96 Å². The molecule has 0 radical (unpaired) electrons. The van der Waals surface area contributed by atoms with E-state index < -0.39 is 10.0 Å². The van der Waals surface area contributed by atoms with Gasteiger partial charge >= 0.3 is 0 Å². The first kappa shape index (κ1) is 15.6. The fourth-order valence-corrected chi connectivity index (χ4v) is 4.25. The third-order valence-corrected chi connectivity index (χ3v) is 6.03. The molecule has 0 atom stereocenters. The first-order valence-corrected chi connectivity index (χ1v) is 8.97. The molecule has 2 aromatic heterocycles. The highest BCUT2D eigenvalue weighted by molar-refractivity contribution is 7.94. The van der Waals surface area contributed by atoms with E-state index in [4.69, 9.17) is 9.15 Å². The third kappa shape index (κ3) is 3.38. The number of nitrogens with one attached hydrogen (secondary N) is 1. The predicted octanol–water partition coefficient (Wildman–Crippen LogP) is 3.52. The number of benzene rings is 1. The number of anilines is 1. The summed E-state index contributed by atoms with van der Waals surface area (Å²) in [7, 11) is -2.09. The fraction of sp³-hybridized carbons (Fsp3) is 0.133. The van der Waals surface area contributed by atoms with Crippen molar-refractivity contribution in [3.8, 4) is 16.4 Å². The number of thiophene rings is 1. The number of aryl methyl sites for hydroxylation is 1. The number of hydrogen-bond donors (Lipinski definition) is 1. The van der Waals surface area contributed by atoms with Gasteiger partial charge in [0.2, 0.25) is 0 Å². The molecule has 1 aromatic carbocycles. The minimum Gasteiger partial charge on any atom is -0.497 e. The van der Waals surface area contributed by atoms with Crippen LogP contribution < -0.4 is 9.46 Å². The lowest BCUT2D eigenvalue weighted by atomic mass is 10.3. The molecule has 0 saturated carbocycles. The van der Waals surface area contributed by atoms with Crippen LogP contribution in [0.4, 0.5) is 5.69 Å². The van der Waals surface area contributed by atoms with E-state index in [9.17, 15) is 8.42 Å². The monoisotopic (exact) mass is 350 g/mol. The topological polar surface area (TPSA) is 81.4 Å². The van der Waals surface area contributed by atoms with Crippen molar-refractivity contribution in [2.75, 3.05) is 11.8 Å². The minimum atomic E-state index is -3.65. The second-order valence-corrected chi connectivity index (χ2v) is 7.69. The van der Waals surface area contributed by atoms with Crippen LogP contribution in [0.15, 0.2) is 51.2 Å². The average molecular weight is 350 g/mol. The summed E-state index contributed by atoms with van der Waals surface area (Å²) in [6.45, 7) is 1.74. The standard InChI is InChI=1S/C15H14N2O4S2/c1-10-16-9-13(21-10)14-7-8-15(22-14)23(18,19)17-11-3-5-12(20-2)6-4-11/h3-9,17H,1-2H3. The number of methoxy groups -OCH3 is 1. The van der Waals surface area contributed by atoms with Crippen molar-refractivity contribution in [1.82, 2.24) is 4.98 Å². The maximum absolute atomic E-state index is 12.4. The molecule has 23 heavy (non-hydrogen) atoms. The van der Waals surface area contributed by atoms with Crippen molar-refractivity contribution in [2.24, 2.45) is 0 Å². The highest BCUT2D eigenvalue weighted by Crippen LogP contribution is 2.32. The van der Waals surface area contributed by atoms with Crippen LogP contribution in [0.5, 0.6) is 5.75 Å². The zero-order chi connectivity index (χ0) is 16.4. The first-order chi connectivity index (χ1) is 11.0. The molecule has 1 N–H and O–H groups in total. The minimum absolute atomic E-state index is 0.206. The van der Waals surface area contributed by atoms with Crippen LogP contribution in [0.1, 0.15) is 5.89 Å². The molecule has 3 rings (SSSR count). The second-order valence-electron chi connectivity index (χ2n) is 4.70. The van der Waals surface area contributed by atoms with Gasteiger partial charge < -0.3 is 9.15 Å². The summed E-state index contributed by atoms with van der Waals surface area (Å²) in [4.78, 5) is 4.72. The lowest BCUT2D eigenvalue weighted by Crippen LogP contribution is -2.11. The number of rotatable bonds is 5. The Kier molecular flexibility index (Phi) is 4.10. The van der Waals surface area contributed by atoms with E-state index in [0.717, 1.165) is 11.3 Å². The van der Waals surface area contributed by atoms with Gasteiger partial charge in [-0.05, 0) is 36.4 Å². The Morgan fingerprint density at radius 1 is 1.17 bits per heavy atom. The summed E-state index contributed by atoms with van der Waals surface area (Å²) >= 11 is 1.12. The van der Waals surface area contributed by atoms with Gasteiger partial charge in [0.25, 0.3) is 10.0 Å². The molecular formula is C15H14N2O4S2. The fourth-order valence-electron chi connectivity index (χ4n) is 1.94. The lowest BCUT2D eigenvalue weighted by molar-refractivity contribution is 0.415. The molecule has 0 aliphatic heterocycles. The average Bonchev–Trinajstić information content (AvgIpc) is 3.16. The summed E-state index contributed by atoms with van der Waals surface area (Å²) in [6.07, 6.45) is 1.58. The SMILES string of the molecule is COc1ccc(NS(=O)(=O)c2ccc(-c3cnc(C)o3)s2)cc1. The van der Waals surface area contributed by atoms with Crippen LogP contribution in [-0.2, 0) is 10.0 Å². The molecule has 2 heterocycles. The molecule has 6 nitrogen and oxygen atoms in total. The Balaban J connectivity index is 1.83. The zero-order valence-electron chi connectivity index (χ0n) is 12.4. The van der Waals surface area contributed by atoms with Crippen molar-refractivity contribution in [3.05, 3.63) is 48.5 Å². The van der Waals surface area contributed by atoms with Gasteiger partial charge in [0.15, 0.2) is 11.7 Å². The molecule has 0 saturated heterocycles. The maximum atomic E-state index is 12.4. The Labute approximate surface area is 137 Å². The van der Waals surface area contributed by atoms with Gasteiger partial charge in [0.05, 0.1) is 18.2 Å². The number of aromatic nitrogens is 1. The highest BCUT2D eigenvalue weighted by atomic mass is 32.2. The summed E-state index contributed by atoms with van der Waals surface area (Å²) in [5.41, 5.74) is 0.469. The number of nitrogens with zero attached hydrogens (tertiary/aromatic N) is 1. The maximum Gasteiger partial charge on any atom is 0.271 e. The Bertz CT molecular complexity index is 911. The van der Waals surface area contributed by atoms with E-state index >= 15 is 0 Å². The Morgan fingerprint density at radius 3 is 2.52 bits per heavy atom. The summed E-state index contributed by atoms with van der Waals surface area (Å²) in [5.74, 6) is 1.75. The van der Waals surface area contributed by atoms with Crippen LogP contribution in [-0.4, -0.2) is 20.5 Å². The van der Waals surface area contributed by atoms with Crippen LogP contribution in [0.3, 0.4) is 0 Å². The largest absolute Gasteiger partial charge is 0.497 e. The van der Waals surface area contributed by atoms with Gasteiger partial charge in [-0.3, -0.25) is 4.72 Å². The van der Waals surface area contributed by atoms with E-state index in [1.165, 1.54) is 0 Å². The van der Waals surface area contributed by atoms with Crippen molar-refractivity contribution in [3.63, 3.8) is 0 Å². The van der Waals surface area contributed by atoms with Crippen LogP contribution in [0.2, 0.25) is 0 Å². The van der Waals surface area contributed by atoms with Crippen molar-refractivity contribution in [1.29, 1.82) is 0 Å². The lowest BCUT2D eigenvalue weighted by Gasteiger charge is -2.06. The number of hydrogen-bond acceptors (Lipinski definition) is 6. The second kappa shape index (κ2) is 6.05. The van der Waals surface area contributed by atoms with Crippen LogP contribution in [0.25, 0.3) is 10.6 Å². The molecule has 8 heteroatoms. The summed E-state index contributed by atoms with van der Waals surface area (Å²) < 4.78 is 38.1. The molecule has 0 bridgehead atoms. The quantitative estimate of drug-likeness (QED) is 0.761. The Morgan fingerprint density at radius 2 is 1.91 bits per heavy atom. The number of sulfonamides is 1. The Hall–Kier alpha value is -2.32. The normalized spacial score (nSPS) is 11.4. The molecule has 0 unspecified atom stereocenters. The predicted molar refractivity (Wildman–Crippen MR) is 88.4 cm³/mol. The zero-order valence-corrected chi connectivity index (χ0v) is 14.1. The van der Waals surface area contributed by atoms with Crippen LogP contribution >= 0.6 is 11.3 Å². The summed E-state index contributed by atoms with van der Waals surface area (Å²) in [5, 5.41) is 0. The molecule has 0 amide bonds. The van der Waals surface area contributed by atoms with E-state index in [0.29, 0.717) is 28.0 Å². The van der Waals surface area contributed by atoms with Crippen molar-refractivity contribution >= 4 is 27.0 Å². The number of ether oxygens (including phenoxy) is 1. The number of oxazole rings is 1. The molecule has 0 fully saturated rings. The molecular weight excluding hydrogens is 336 g/mol. The molecule has 0 aliphatic rings. The highest BCUT2D eigenvalue weighted by Gasteiger charge is 2.18. The van der Waals surface area contributed by atoms with E-state index in [-0.39, 0.29) is 4.21 Å². The van der Waals surface area contributed by atoms with Gasteiger partial charge in [-0.1, -0.05) is 0 Å². The molecule has 120 valence electrons. The van der Waals surface area contributed by atoms with Crippen molar-refractivity contribution in [2.45, 2.75) is 11.1 Å².